The fourth-order valence-electron chi connectivity index (χ4n) is 2.19. The molecular formula is C13H26N2O4. The highest BCUT2D eigenvalue weighted by Gasteiger charge is 2.31. The van der Waals surface area contributed by atoms with E-state index in [1.54, 1.807) is 7.11 Å². The molecule has 112 valence electrons. The van der Waals surface area contributed by atoms with Crippen molar-refractivity contribution in [1.82, 2.24) is 10.2 Å². The maximum absolute atomic E-state index is 11.8. The monoisotopic (exact) mass is 274 g/mol. The van der Waals surface area contributed by atoms with Gasteiger partial charge in [0.1, 0.15) is 5.60 Å². The van der Waals surface area contributed by atoms with Crippen LogP contribution in [0.5, 0.6) is 0 Å². The summed E-state index contributed by atoms with van der Waals surface area (Å²) in [5.41, 5.74) is -0.496. The van der Waals surface area contributed by atoms with E-state index >= 15 is 0 Å². The summed E-state index contributed by atoms with van der Waals surface area (Å²) >= 11 is 0. The van der Waals surface area contributed by atoms with Crippen LogP contribution in [0.2, 0.25) is 0 Å². The average molecular weight is 274 g/mol. The highest BCUT2D eigenvalue weighted by molar-refractivity contribution is 5.68. The van der Waals surface area contributed by atoms with Crippen LogP contribution in [0.4, 0.5) is 4.79 Å². The van der Waals surface area contributed by atoms with E-state index in [2.05, 4.69) is 10.2 Å². The molecule has 19 heavy (non-hydrogen) atoms. The molecule has 0 aliphatic carbocycles. The van der Waals surface area contributed by atoms with E-state index in [1.807, 2.05) is 20.8 Å². The summed E-state index contributed by atoms with van der Waals surface area (Å²) in [6.07, 6.45) is 0.306. The zero-order valence-corrected chi connectivity index (χ0v) is 12.3. The standard InChI is InChI=1S/C13H26N2O4/c1-13(2,3)19-12(17)14-10-5-6-15(7-8-16)9-11(10)18-4/h10-11,16H,5-9H2,1-4H3,(H,14,17)/t10-,11-/m0/s1. The number of carbonyl (C=O) groups is 1. The predicted octanol–water partition coefficient (Wildman–Crippen LogP) is 0.593. The minimum Gasteiger partial charge on any atom is -0.444 e. The summed E-state index contributed by atoms with van der Waals surface area (Å²) in [4.78, 5) is 13.9. The number of nitrogens with one attached hydrogen (secondary N) is 1. The van der Waals surface area contributed by atoms with Gasteiger partial charge in [0.25, 0.3) is 0 Å². The molecule has 2 N–H and O–H groups in total. The van der Waals surface area contributed by atoms with E-state index in [0.717, 1.165) is 13.0 Å². The smallest absolute Gasteiger partial charge is 0.407 e. The molecule has 0 aromatic heterocycles. The van der Waals surface area contributed by atoms with E-state index < -0.39 is 11.7 Å². The summed E-state index contributed by atoms with van der Waals surface area (Å²) in [6.45, 7) is 7.83. The number of piperidine rings is 1. The molecule has 1 heterocycles. The van der Waals surface area contributed by atoms with Gasteiger partial charge in [0.05, 0.1) is 18.8 Å². The van der Waals surface area contributed by atoms with Gasteiger partial charge >= 0.3 is 6.09 Å². The average Bonchev–Trinajstić information content (AvgIpc) is 2.29. The predicted molar refractivity (Wildman–Crippen MR) is 72.1 cm³/mol. The topological polar surface area (TPSA) is 71.0 Å². The van der Waals surface area contributed by atoms with Crippen molar-refractivity contribution >= 4 is 6.09 Å². The number of hydrogen-bond acceptors (Lipinski definition) is 5. The first-order chi connectivity index (χ1) is 8.85. The number of nitrogens with zero attached hydrogens (tertiary/aromatic N) is 1. The lowest BCUT2D eigenvalue weighted by Gasteiger charge is -2.37. The van der Waals surface area contributed by atoms with Crippen molar-refractivity contribution in [1.29, 1.82) is 0 Å². The Balaban J connectivity index is 2.47. The number of methoxy groups -OCH3 is 1. The van der Waals surface area contributed by atoms with Gasteiger partial charge in [-0.15, -0.1) is 0 Å². The van der Waals surface area contributed by atoms with Crippen LogP contribution in [0.25, 0.3) is 0 Å². The molecule has 0 unspecified atom stereocenters. The second kappa shape index (κ2) is 7.07. The minimum atomic E-state index is -0.496. The number of rotatable bonds is 4. The Kier molecular flexibility index (Phi) is 6.03. The number of amides is 1. The molecule has 0 saturated carbocycles. The lowest BCUT2D eigenvalue weighted by molar-refractivity contribution is -0.00565. The first-order valence-corrected chi connectivity index (χ1v) is 6.71. The van der Waals surface area contributed by atoms with Crippen LogP contribution in [0.15, 0.2) is 0 Å². The third-order valence-electron chi connectivity index (χ3n) is 3.06. The maximum atomic E-state index is 11.8. The van der Waals surface area contributed by atoms with Gasteiger partial charge in [0.2, 0.25) is 0 Å². The van der Waals surface area contributed by atoms with Crippen molar-refractivity contribution in [2.45, 2.75) is 44.9 Å². The van der Waals surface area contributed by atoms with Gasteiger partial charge < -0.3 is 19.9 Å². The third-order valence-corrected chi connectivity index (χ3v) is 3.06. The lowest BCUT2D eigenvalue weighted by Crippen LogP contribution is -2.55. The SMILES string of the molecule is CO[C@H]1CN(CCO)CC[C@@H]1NC(=O)OC(C)(C)C. The van der Waals surface area contributed by atoms with Crippen molar-refractivity contribution < 1.29 is 19.4 Å². The maximum Gasteiger partial charge on any atom is 0.407 e. The van der Waals surface area contributed by atoms with Crippen LogP contribution in [-0.2, 0) is 9.47 Å². The molecule has 1 fully saturated rings. The summed E-state index contributed by atoms with van der Waals surface area (Å²) in [5, 5.41) is 11.8. The Labute approximate surface area is 115 Å². The summed E-state index contributed by atoms with van der Waals surface area (Å²) in [5.74, 6) is 0. The normalized spacial score (nSPS) is 25.1. The van der Waals surface area contributed by atoms with Crippen LogP contribution in [0.1, 0.15) is 27.2 Å². The molecule has 6 nitrogen and oxygen atoms in total. The fraction of sp³-hybridized carbons (Fsp3) is 0.923. The van der Waals surface area contributed by atoms with Gasteiger partial charge in [-0.05, 0) is 27.2 Å². The van der Waals surface area contributed by atoms with Crippen molar-refractivity contribution in [3.63, 3.8) is 0 Å². The number of aliphatic hydroxyl groups is 1. The number of hydrogen-bond donors (Lipinski definition) is 2. The van der Waals surface area contributed by atoms with Crippen LogP contribution in [0.3, 0.4) is 0 Å². The van der Waals surface area contributed by atoms with Crippen LogP contribution >= 0.6 is 0 Å². The van der Waals surface area contributed by atoms with E-state index in [0.29, 0.717) is 13.1 Å². The molecule has 1 amide bonds. The van der Waals surface area contributed by atoms with Crippen molar-refractivity contribution in [3.05, 3.63) is 0 Å². The number of ether oxygens (including phenoxy) is 2. The zero-order valence-electron chi connectivity index (χ0n) is 12.3. The summed E-state index contributed by atoms with van der Waals surface area (Å²) in [7, 11) is 1.64. The Morgan fingerprint density at radius 1 is 1.47 bits per heavy atom. The highest BCUT2D eigenvalue weighted by Crippen LogP contribution is 2.15. The summed E-state index contributed by atoms with van der Waals surface area (Å²) < 4.78 is 10.7. The van der Waals surface area contributed by atoms with E-state index in [9.17, 15) is 4.79 Å². The first kappa shape index (κ1) is 16.2. The molecule has 0 aromatic rings. The second-order valence-electron chi connectivity index (χ2n) is 5.84. The van der Waals surface area contributed by atoms with Crippen LogP contribution in [0, 0.1) is 0 Å². The van der Waals surface area contributed by atoms with Crippen LogP contribution < -0.4 is 5.32 Å². The largest absolute Gasteiger partial charge is 0.444 e. The molecule has 1 aliphatic rings. The van der Waals surface area contributed by atoms with Gasteiger partial charge in [-0.3, -0.25) is 4.90 Å². The quantitative estimate of drug-likeness (QED) is 0.785. The number of carbonyl (C=O) groups excluding carboxylic acids is 1. The molecule has 0 radical (unpaired) electrons. The second-order valence-corrected chi connectivity index (χ2v) is 5.84. The number of likely N-dealkylation sites (tertiary alicyclic amines) is 1. The van der Waals surface area contributed by atoms with Crippen molar-refractivity contribution in [2.24, 2.45) is 0 Å². The highest BCUT2D eigenvalue weighted by atomic mass is 16.6. The van der Waals surface area contributed by atoms with Gasteiger partial charge in [-0.2, -0.15) is 0 Å². The number of alkyl carbamates (subject to hydrolysis) is 1. The van der Waals surface area contributed by atoms with Crippen molar-refractivity contribution in [3.8, 4) is 0 Å². The van der Waals surface area contributed by atoms with Gasteiger partial charge in [-0.25, -0.2) is 4.79 Å². The molecule has 1 aliphatic heterocycles. The summed E-state index contributed by atoms with van der Waals surface area (Å²) in [6, 6.07) is -0.0465. The molecule has 0 spiro atoms. The molecule has 1 rings (SSSR count). The molecule has 1 saturated heterocycles. The Morgan fingerprint density at radius 3 is 2.68 bits per heavy atom. The minimum absolute atomic E-state index is 0.0465. The molecule has 2 atom stereocenters. The lowest BCUT2D eigenvalue weighted by atomic mass is 10.0. The number of β-amino-alcohol motifs (C(OH)–C–C–N with tert-alkyl or cyclic N) is 1. The van der Waals surface area contributed by atoms with Gasteiger partial charge in [-0.1, -0.05) is 0 Å². The fourth-order valence-corrected chi connectivity index (χ4v) is 2.19. The number of aliphatic hydroxyl groups excluding tert-OH is 1. The Morgan fingerprint density at radius 2 is 2.16 bits per heavy atom. The molecule has 0 aromatic carbocycles. The molecular weight excluding hydrogens is 248 g/mol. The molecule has 6 heteroatoms. The Hall–Kier alpha value is -0.850. The van der Waals surface area contributed by atoms with E-state index in [-0.39, 0.29) is 18.8 Å². The van der Waals surface area contributed by atoms with Gasteiger partial charge in [0.15, 0.2) is 0 Å². The molecule has 0 bridgehead atoms. The van der Waals surface area contributed by atoms with Crippen molar-refractivity contribution in [2.75, 3.05) is 33.4 Å². The van der Waals surface area contributed by atoms with Gasteiger partial charge in [0, 0.05) is 26.7 Å². The van der Waals surface area contributed by atoms with E-state index in [4.69, 9.17) is 14.6 Å². The Bertz CT molecular complexity index is 291. The van der Waals surface area contributed by atoms with E-state index in [1.165, 1.54) is 0 Å². The zero-order chi connectivity index (χ0) is 14.5. The third kappa shape index (κ3) is 5.76. The van der Waals surface area contributed by atoms with Crippen LogP contribution in [-0.4, -0.2) is 67.2 Å². The first-order valence-electron chi connectivity index (χ1n) is 6.71.